The van der Waals surface area contributed by atoms with Gasteiger partial charge in [-0.15, -0.1) is 0 Å². The molecule has 2 aliphatic heterocycles. The van der Waals surface area contributed by atoms with Gasteiger partial charge in [-0.3, -0.25) is 0 Å². The molecule has 0 amide bonds. The zero-order valence-corrected chi connectivity index (χ0v) is 20.0. The van der Waals surface area contributed by atoms with Gasteiger partial charge in [0.25, 0.3) is 0 Å². The highest BCUT2D eigenvalue weighted by Crippen LogP contribution is 2.39. The van der Waals surface area contributed by atoms with Crippen molar-refractivity contribution in [2.24, 2.45) is 7.05 Å². The number of aromatic nitrogens is 3. The lowest BCUT2D eigenvalue weighted by molar-refractivity contribution is 0.287. The first-order valence-corrected chi connectivity index (χ1v) is 11.9. The number of ether oxygens (including phenoxy) is 1. The Kier molecular flexibility index (Phi) is 6.28. The summed E-state index contributed by atoms with van der Waals surface area (Å²) in [6.07, 6.45) is 4.78. The Hall–Kier alpha value is -3.33. The molecule has 0 aliphatic carbocycles. The van der Waals surface area contributed by atoms with Gasteiger partial charge in [-0.05, 0) is 51.1 Å². The van der Waals surface area contributed by atoms with Crippen molar-refractivity contribution in [3.63, 3.8) is 0 Å². The summed E-state index contributed by atoms with van der Waals surface area (Å²) in [4.78, 5) is 13.7. The number of nitrogens with one attached hydrogen (secondary N) is 2. The van der Waals surface area contributed by atoms with Gasteiger partial charge < -0.3 is 29.7 Å². The lowest BCUT2D eigenvalue weighted by Crippen LogP contribution is -2.38. The molecular weight excluding hydrogens is 433 g/mol. The van der Waals surface area contributed by atoms with Gasteiger partial charge in [0, 0.05) is 38.3 Å². The van der Waals surface area contributed by atoms with Gasteiger partial charge in [0.1, 0.15) is 12.4 Å². The number of hydrogen-bond acceptors (Lipinski definition) is 7. The molecule has 0 atom stereocenters. The van der Waals surface area contributed by atoms with Crippen molar-refractivity contribution in [3.05, 3.63) is 42.5 Å². The van der Waals surface area contributed by atoms with Crippen LogP contribution in [0.15, 0.2) is 36.7 Å². The number of pyridine rings is 1. The summed E-state index contributed by atoms with van der Waals surface area (Å²) >= 11 is 0. The van der Waals surface area contributed by atoms with Crippen LogP contribution in [-0.2, 0) is 7.05 Å². The minimum absolute atomic E-state index is 0.251. The van der Waals surface area contributed by atoms with Crippen LogP contribution in [0.2, 0.25) is 0 Å². The van der Waals surface area contributed by atoms with Gasteiger partial charge in [0.2, 0.25) is 5.95 Å². The van der Waals surface area contributed by atoms with Crippen LogP contribution < -0.4 is 25.2 Å². The van der Waals surface area contributed by atoms with Crippen molar-refractivity contribution in [3.8, 4) is 17.0 Å². The first-order chi connectivity index (χ1) is 16.5. The minimum Gasteiger partial charge on any atom is -0.486 e. The normalized spacial score (nSPS) is 16.3. The molecule has 0 spiro atoms. The molecule has 4 heterocycles. The van der Waals surface area contributed by atoms with Crippen LogP contribution in [-0.4, -0.2) is 59.9 Å². The van der Waals surface area contributed by atoms with Crippen molar-refractivity contribution in [2.75, 3.05) is 54.4 Å². The molecule has 2 N–H and O–H groups in total. The Morgan fingerprint density at radius 2 is 1.97 bits per heavy atom. The number of nitrogens with zero attached hydrogens (tertiary/aromatic N) is 5. The Morgan fingerprint density at radius 3 is 2.76 bits per heavy atom. The van der Waals surface area contributed by atoms with Gasteiger partial charge in [-0.2, -0.15) is 0 Å². The van der Waals surface area contributed by atoms with E-state index in [0.717, 1.165) is 61.8 Å². The number of rotatable bonds is 5. The molecule has 0 bridgehead atoms. The second-order valence-electron chi connectivity index (χ2n) is 9.09. The molecule has 3 aromatic rings. The third-order valence-corrected chi connectivity index (χ3v) is 6.51. The highest BCUT2D eigenvalue weighted by Gasteiger charge is 2.25. The van der Waals surface area contributed by atoms with E-state index < -0.39 is 0 Å². The van der Waals surface area contributed by atoms with Crippen LogP contribution in [0.5, 0.6) is 5.75 Å². The summed E-state index contributed by atoms with van der Waals surface area (Å²) in [6.45, 7) is 9.49. The molecule has 0 saturated carbocycles. The van der Waals surface area contributed by atoms with E-state index >= 15 is 0 Å². The van der Waals surface area contributed by atoms with E-state index in [1.54, 1.807) is 6.20 Å². The van der Waals surface area contributed by atoms with Gasteiger partial charge in [-0.1, -0.05) is 0 Å². The Balaban J connectivity index is 1.37. The zero-order chi connectivity index (χ0) is 23.7. The number of anilines is 4. The smallest absolute Gasteiger partial charge is 0.208 e. The Bertz CT molecular complexity index is 1140. The lowest BCUT2D eigenvalue weighted by Gasteiger charge is -2.34. The number of fused-ring (bicyclic) bond motifs is 1. The molecule has 2 aliphatic rings. The van der Waals surface area contributed by atoms with E-state index in [9.17, 15) is 4.39 Å². The molecule has 5 rings (SSSR count). The fraction of sp³-hybridized carbons (Fsp3) is 0.440. The van der Waals surface area contributed by atoms with Crippen molar-refractivity contribution < 1.29 is 9.13 Å². The van der Waals surface area contributed by atoms with Gasteiger partial charge >= 0.3 is 0 Å². The van der Waals surface area contributed by atoms with Crippen molar-refractivity contribution in [2.45, 2.75) is 26.3 Å². The molecule has 2 aromatic heterocycles. The Morgan fingerprint density at radius 1 is 1.09 bits per heavy atom. The summed E-state index contributed by atoms with van der Waals surface area (Å²) in [5.74, 6) is 1.33. The molecule has 8 nitrogen and oxygen atoms in total. The van der Waals surface area contributed by atoms with E-state index in [1.807, 2.05) is 29.9 Å². The van der Waals surface area contributed by atoms with Gasteiger partial charge in [0.15, 0.2) is 11.6 Å². The maximum Gasteiger partial charge on any atom is 0.208 e. The van der Waals surface area contributed by atoms with Crippen LogP contribution in [0.4, 0.5) is 27.5 Å². The van der Waals surface area contributed by atoms with Crippen LogP contribution >= 0.6 is 0 Å². The average Bonchev–Trinajstić information content (AvgIpc) is 3.02. The molecule has 1 saturated heterocycles. The SMILES string of the molecule is CC(C)N1CCOc2c(F)cc(-c3cnc(Nc4ccc(N5CCCNCC5)cn4)n3C)cc21. The van der Waals surface area contributed by atoms with Crippen LogP contribution in [0.1, 0.15) is 20.3 Å². The summed E-state index contributed by atoms with van der Waals surface area (Å²) < 4.78 is 22.5. The van der Waals surface area contributed by atoms with E-state index in [-0.39, 0.29) is 11.9 Å². The number of imidazole rings is 1. The molecule has 180 valence electrons. The summed E-state index contributed by atoms with van der Waals surface area (Å²) in [7, 11) is 1.91. The van der Waals surface area contributed by atoms with Crippen molar-refractivity contribution in [1.29, 1.82) is 0 Å². The summed E-state index contributed by atoms with van der Waals surface area (Å²) in [5.41, 5.74) is 3.48. The van der Waals surface area contributed by atoms with Gasteiger partial charge in [0.05, 0.1) is 36.0 Å². The maximum absolute atomic E-state index is 14.9. The maximum atomic E-state index is 14.9. The predicted molar refractivity (Wildman–Crippen MR) is 134 cm³/mol. The molecule has 1 aromatic carbocycles. The van der Waals surface area contributed by atoms with Crippen molar-refractivity contribution >= 4 is 23.1 Å². The molecule has 9 heteroatoms. The Labute approximate surface area is 199 Å². The summed E-state index contributed by atoms with van der Waals surface area (Å²) in [6, 6.07) is 7.82. The number of hydrogen-bond donors (Lipinski definition) is 2. The molecule has 0 radical (unpaired) electrons. The molecule has 1 fully saturated rings. The first kappa shape index (κ1) is 22.5. The highest BCUT2D eigenvalue weighted by molar-refractivity contribution is 5.73. The molecular formula is C25H32FN7O. The quantitative estimate of drug-likeness (QED) is 0.594. The fourth-order valence-electron chi connectivity index (χ4n) is 4.65. The predicted octanol–water partition coefficient (Wildman–Crippen LogP) is 3.77. The monoisotopic (exact) mass is 465 g/mol. The summed E-state index contributed by atoms with van der Waals surface area (Å²) in [5, 5.41) is 6.71. The largest absolute Gasteiger partial charge is 0.486 e. The van der Waals surface area contributed by atoms with E-state index in [0.29, 0.717) is 24.1 Å². The second kappa shape index (κ2) is 9.50. The van der Waals surface area contributed by atoms with Crippen LogP contribution in [0, 0.1) is 5.82 Å². The fourth-order valence-corrected chi connectivity index (χ4v) is 4.65. The lowest BCUT2D eigenvalue weighted by atomic mass is 10.1. The second-order valence-corrected chi connectivity index (χ2v) is 9.09. The van der Waals surface area contributed by atoms with E-state index in [1.165, 1.54) is 6.07 Å². The first-order valence-electron chi connectivity index (χ1n) is 11.9. The molecule has 34 heavy (non-hydrogen) atoms. The van der Waals surface area contributed by atoms with E-state index in [4.69, 9.17) is 4.74 Å². The third kappa shape index (κ3) is 4.40. The van der Waals surface area contributed by atoms with E-state index in [2.05, 4.69) is 50.3 Å². The van der Waals surface area contributed by atoms with Crippen molar-refractivity contribution in [1.82, 2.24) is 19.9 Å². The third-order valence-electron chi connectivity index (χ3n) is 6.51. The topological polar surface area (TPSA) is 70.5 Å². The van der Waals surface area contributed by atoms with Crippen LogP contribution in [0.25, 0.3) is 11.3 Å². The highest BCUT2D eigenvalue weighted by atomic mass is 19.1. The number of halogens is 1. The average molecular weight is 466 g/mol. The number of benzene rings is 1. The zero-order valence-electron chi connectivity index (χ0n) is 20.0. The molecule has 0 unspecified atom stereocenters. The minimum atomic E-state index is -0.352. The van der Waals surface area contributed by atoms with Crippen LogP contribution in [0.3, 0.4) is 0 Å². The standard InChI is InChI=1S/C25H32FN7O/c1-17(2)33-11-12-34-24-20(26)13-18(14-21(24)33)22-16-29-25(31(22)3)30-23-6-5-19(15-28-23)32-9-4-7-27-8-10-32/h5-6,13-17,27H,4,7-12H2,1-3H3,(H,28,29,30). The van der Waals surface area contributed by atoms with Gasteiger partial charge in [-0.25, -0.2) is 14.4 Å².